The first kappa shape index (κ1) is 16.6. The number of carbonyl (C=O) groups excluding carboxylic acids is 1. The van der Waals surface area contributed by atoms with E-state index in [9.17, 15) is 9.90 Å². The molecule has 1 rings (SSSR count). The molecule has 0 bridgehead atoms. The van der Waals surface area contributed by atoms with Crippen molar-refractivity contribution in [1.29, 1.82) is 0 Å². The summed E-state index contributed by atoms with van der Waals surface area (Å²) >= 11 is 3.32. The number of rotatable bonds is 4. The van der Waals surface area contributed by atoms with Gasteiger partial charge < -0.3 is 19.9 Å². The average molecular weight is 346 g/mol. The van der Waals surface area contributed by atoms with Gasteiger partial charge in [0.1, 0.15) is 5.60 Å². The lowest BCUT2D eigenvalue weighted by Crippen LogP contribution is -2.33. The monoisotopic (exact) mass is 345 g/mol. The molecular weight excluding hydrogens is 326 g/mol. The van der Waals surface area contributed by atoms with Crippen LogP contribution in [0.2, 0.25) is 0 Å². The lowest BCUT2D eigenvalue weighted by Gasteiger charge is -2.19. The third-order valence-electron chi connectivity index (χ3n) is 2.37. The number of phenols is 1. The van der Waals surface area contributed by atoms with Crippen LogP contribution in [0.3, 0.4) is 0 Å². The van der Waals surface area contributed by atoms with Crippen LogP contribution in [0.5, 0.6) is 11.5 Å². The summed E-state index contributed by atoms with van der Waals surface area (Å²) in [6.07, 6.45) is 0.129. The third-order valence-corrected chi connectivity index (χ3v) is 2.96. The Hall–Kier alpha value is -1.43. The Morgan fingerprint density at radius 2 is 2.05 bits per heavy atom. The number of aromatic hydroxyl groups is 1. The summed E-state index contributed by atoms with van der Waals surface area (Å²) in [4.78, 5) is 11.5. The highest BCUT2D eigenvalue weighted by atomic mass is 79.9. The van der Waals surface area contributed by atoms with Crippen molar-refractivity contribution in [2.45, 2.75) is 32.8 Å². The Kier molecular flexibility index (Phi) is 5.68. The first-order chi connectivity index (χ1) is 9.23. The van der Waals surface area contributed by atoms with Crippen LogP contribution >= 0.6 is 15.9 Å². The van der Waals surface area contributed by atoms with E-state index in [2.05, 4.69) is 21.2 Å². The zero-order valence-electron chi connectivity index (χ0n) is 12.1. The van der Waals surface area contributed by atoms with Gasteiger partial charge >= 0.3 is 6.09 Å². The summed E-state index contributed by atoms with van der Waals surface area (Å²) in [7, 11) is 1.49. The quantitative estimate of drug-likeness (QED) is 0.878. The fraction of sp³-hybridized carbons (Fsp3) is 0.500. The largest absolute Gasteiger partial charge is 0.504 e. The molecule has 0 aliphatic heterocycles. The Morgan fingerprint density at radius 3 is 2.55 bits per heavy atom. The Balaban J connectivity index is 2.53. The number of phenolic OH excluding ortho intramolecular Hbond substituents is 1. The predicted octanol–water partition coefficient (Wildman–Crippen LogP) is 3.23. The van der Waals surface area contributed by atoms with Crippen molar-refractivity contribution in [1.82, 2.24) is 5.32 Å². The third kappa shape index (κ3) is 5.28. The highest BCUT2D eigenvalue weighted by Crippen LogP contribution is 2.35. The molecule has 0 saturated carbocycles. The minimum atomic E-state index is -0.508. The molecule has 1 amide bonds. The Morgan fingerprint density at radius 1 is 1.40 bits per heavy atom. The Bertz CT molecular complexity index is 460. The van der Waals surface area contributed by atoms with Gasteiger partial charge in [0.15, 0.2) is 11.5 Å². The van der Waals surface area contributed by atoms with Crippen LogP contribution in [-0.4, -0.2) is 30.5 Å². The maximum atomic E-state index is 11.5. The van der Waals surface area contributed by atoms with Gasteiger partial charge in [-0.05, 0) is 60.8 Å². The molecule has 0 atom stereocenters. The van der Waals surface area contributed by atoms with E-state index in [1.165, 1.54) is 7.11 Å². The maximum Gasteiger partial charge on any atom is 0.407 e. The summed E-state index contributed by atoms with van der Waals surface area (Å²) < 4.78 is 10.8. The standard InChI is InChI=1S/C14H20BrNO4/c1-14(2,3)20-13(18)16-6-5-9-7-10(15)12(19-4)11(17)8-9/h7-8,17H,5-6H2,1-4H3,(H,16,18). The number of carbonyl (C=O) groups is 1. The average Bonchev–Trinajstić information content (AvgIpc) is 2.26. The summed E-state index contributed by atoms with van der Waals surface area (Å²) in [5.41, 5.74) is 0.372. The lowest BCUT2D eigenvalue weighted by molar-refractivity contribution is 0.0528. The van der Waals surface area contributed by atoms with Crippen LogP contribution in [0.15, 0.2) is 16.6 Å². The van der Waals surface area contributed by atoms with Crippen LogP contribution in [0.1, 0.15) is 26.3 Å². The second kappa shape index (κ2) is 6.83. The lowest BCUT2D eigenvalue weighted by atomic mass is 10.1. The molecule has 0 unspecified atom stereocenters. The van der Waals surface area contributed by atoms with Gasteiger partial charge in [-0.1, -0.05) is 0 Å². The molecule has 1 aromatic carbocycles. The number of methoxy groups -OCH3 is 1. The topological polar surface area (TPSA) is 67.8 Å². The number of amides is 1. The van der Waals surface area contributed by atoms with Crippen LogP contribution in [-0.2, 0) is 11.2 Å². The first-order valence-electron chi connectivity index (χ1n) is 6.25. The van der Waals surface area contributed by atoms with E-state index in [1.54, 1.807) is 6.07 Å². The fourth-order valence-electron chi connectivity index (χ4n) is 1.60. The van der Waals surface area contributed by atoms with Gasteiger partial charge in [0.2, 0.25) is 0 Å². The van der Waals surface area contributed by atoms with Crippen LogP contribution in [0.25, 0.3) is 0 Å². The number of hydrogen-bond donors (Lipinski definition) is 2. The van der Waals surface area contributed by atoms with Crippen molar-refractivity contribution in [3.05, 3.63) is 22.2 Å². The van der Waals surface area contributed by atoms with Crippen molar-refractivity contribution in [2.75, 3.05) is 13.7 Å². The zero-order valence-corrected chi connectivity index (χ0v) is 13.7. The summed E-state index contributed by atoms with van der Waals surface area (Å²) in [5.74, 6) is 0.461. The normalized spacial score (nSPS) is 11.1. The number of hydrogen-bond acceptors (Lipinski definition) is 4. The molecule has 1 aromatic rings. The van der Waals surface area contributed by atoms with Crippen molar-refractivity contribution < 1.29 is 19.4 Å². The maximum absolute atomic E-state index is 11.5. The van der Waals surface area contributed by atoms with Gasteiger partial charge in [0.05, 0.1) is 11.6 Å². The van der Waals surface area contributed by atoms with Gasteiger partial charge in [0, 0.05) is 6.54 Å². The predicted molar refractivity (Wildman–Crippen MR) is 80.3 cm³/mol. The molecule has 0 aromatic heterocycles. The minimum absolute atomic E-state index is 0.0640. The van der Waals surface area contributed by atoms with Gasteiger partial charge in [-0.15, -0.1) is 0 Å². The number of ether oxygens (including phenoxy) is 2. The van der Waals surface area contributed by atoms with E-state index >= 15 is 0 Å². The van der Waals surface area contributed by atoms with Gasteiger partial charge in [-0.25, -0.2) is 4.79 Å². The van der Waals surface area contributed by atoms with E-state index in [1.807, 2.05) is 26.8 Å². The molecule has 5 nitrogen and oxygen atoms in total. The van der Waals surface area contributed by atoms with Gasteiger partial charge in [0.25, 0.3) is 0 Å². The van der Waals surface area contributed by atoms with Gasteiger partial charge in [-0.2, -0.15) is 0 Å². The van der Waals surface area contributed by atoms with E-state index < -0.39 is 11.7 Å². The second-order valence-corrected chi connectivity index (χ2v) is 6.16. The number of nitrogens with one attached hydrogen (secondary N) is 1. The molecule has 0 heterocycles. The zero-order chi connectivity index (χ0) is 15.3. The number of halogens is 1. The smallest absolute Gasteiger partial charge is 0.407 e. The molecule has 0 radical (unpaired) electrons. The fourth-order valence-corrected chi connectivity index (χ4v) is 2.26. The van der Waals surface area contributed by atoms with Crippen molar-refractivity contribution in [3.63, 3.8) is 0 Å². The van der Waals surface area contributed by atoms with Crippen LogP contribution in [0.4, 0.5) is 4.79 Å². The molecule has 0 spiro atoms. The highest BCUT2D eigenvalue weighted by molar-refractivity contribution is 9.10. The molecular formula is C14H20BrNO4. The molecule has 20 heavy (non-hydrogen) atoms. The molecule has 6 heteroatoms. The minimum Gasteiger partial charge on any atom is -0.504 e. The summed E-state index contributed by atoms with van der Waals surface area (Å²) in [6.45, 7) is 5.86. The van der Waals surface area contributed by atoms with E-state index in [0.717, 1.165) is 5.56 Å². The Labute approximate surface area is 127 Å². The highest BCUT2D eigenvalue weighted by Gasteiger charge is 2.15. The van der Waals surface area contributed by atoms with E-state index in [-0.39, 0.29) is 5.75 Å². The molecule has 0 aliphatic rings. The summed E-state index contributed by atoms with van der Waals surface area (Å²) in [5, 5.41) is 12.4. The van der Waals surface area contributed by atoms with E-state index in [0.29, 0.717) is 23.2 Å². The molecule has 0 saturated heterocycles. The number of benzene rings is 1. The second-order valence-electron chi connectivity index (χ2n) is 5.31. The van der Waals surface area contributed by atoms with Crippen molar-refractivity contribution >= 4 is 22.0 Å². The summed E-state index contributed by atoms with van der Waals surface area (Å²) in [6, 6.07) is 3.45. The molecule has 0 fully saturated rings. The van der Waals surface area contributed by atoms with Crippen LogP contribution < -0.4 is 10.1 Å². The van der Waals surface area contributed by atoms with Crippen molar-refractivity contribution in [2.24, 2.45) is 0 Å². The SMILES string of the molecule is COc1c(O)cc(CCNC(=O)OC(C)(C)C)cc1Br. The number of alkyl carbamates (subject to hydrolysis) is 1. The molecule has 2 N–H and O–H groups in total. The first-order valence-corrected chi connectivity index (χ1v) is 7.04. The van der Waals surface area contributed by atoms with Crippen molar-refractivity contribution in [3.8, 4) is 11.5 Å². The molecule has 112 valence electrons. The molecule has 0 aliphatic carbocycles. The van der Waals surface area contributed by atoms with Crippen LogP contribution in [0, 0.1) is 0 Å². The van der Waals surface area contributed by atoms with E-state index in [4.69, 9.17) is 9.47 Å². The van der Waals surface area contributed by atoms with Gasteiger partial charge in [-0.3, -0.25) is 0 Å².